The fourth-order valence-corrected chi connectivity index (χ4v) is 1.32. The van der Waals surface area contributed by atoms with Gasteiger partial charge in [-0.1, -0.05) is 0 Å². The van der Waals surface area contributed by atoms with E-state index in [1.165, 1.54) is 0 Å². The quantitative estimate of drug-likeness (QED) is 0.524. The third-order valence-electron chi connectivity index (χ3n) is 1.96. The Morgan fingerprint density at radius 1 is 1.80 bits per heavy atom. The molecule has 0 fully saturated rings. The van der Waals surface area contributed by atoms with Crippen molar-refractivity contribution in [1.29, 1.82) is 0 Å². The molecule has 1 aromatic heterocycles. The summed E-state index contributed by atoms with van der Waals surface area (Å²) in [6.45, 7) is 2.05. The molecule has 54 valence electrons. The standard InChI is InChI=1S/C6H8N2O2/c1-4-2-3-5-6(9)10-7-8(4)5/h4H,2-3H2,1H3/p+1/t4-/m1/s1. The van der Waals surface area contributed by atoms with Crippen molar-refractivity contribution < 1.29 is 14.3 Å². The van der Waals surface area contributed by atoms with E-state index in [1.54, 1.807) is 4.68 Å². The van der Waals surface area contributed by atoms with Crippen LogP contribution in [0.1, 0.15) is 25.1 Å². The molecule has 0 aliphatic carbocycles. The first-order valence-corrected chi connectivity index (χ1v) is 3.38. The van der Waals surface area contributed by atoms with Crippen LogP contribution in [0.15, 0.2) is 4.52 Å². The Labute approximate surface area is 58.0 Å². The second-order valence-electron chi connectivity index (χ2n) is 2.66. The molecule has 2 heterocycles. The lowest BCUT2D eigenvalue weighted by Crippen LogP contribution is -2.37. The molecule has 1 N–H and O–H groups in total. The van der Waals surface area contributed by atoms with Crippen molar-refractivity contribution in [2.45, 2.75) is 25.8 Å². The maximum atomic E-state index is 9.04. The number of hydrogen-bond acceptors (Lipinski definition) is 3. The highest BCUT2D eigenvalue weighted by Gasteiger charge is 2.35. The Hall–Kier alpha value is -1.06. The molecule has 0 unspecified atom stereocenters. The van der Waals surface area contributed by atoms with Gasteiger partial charge in [0.2, 0.25) is 5.27 Å². The van der Waals surface area contributed by atoms with Gasteiger partial charge < -0.3 is 5.11 Å². The number of fused-ring (bicyclic) bond motifs is 1. The van der Waals surface area contributed by atoms with Crippen LogP contribution >= 0.6 is 0 Å². The van der Waals surface area contributed by atoms with Gasteiger partial charge in [-0.3, -0.25) is 4.52 Å². The second kappa shape index (κ2) is 1.71. The van der Waals surface area contributed by atoms with Gasteiger partial charge in [0.1, 0.15) is 0 Å². The lowest BCUT2D eigenvalue weighted by Gasteiger charge is -1.85. The van der Waals surface area contributed by atoms with Crippen molar-refractivity contribution in [3.63, 3.8) is 0 Å². The lowest BCUT2D eigenvalue weighted by molar-refractivity contribution is -0.776. The summed E-state index contributed by atoms with van der Waals surface area (Å²) in [7, 11) is 0. The Kier molecular flexibility index (Phi) is 0.977. The molecule has 10 heavy (non-hydrogen) atoms. The summed E-state index contributed by atoms with van der Waals surface area (Å²) < 4.78 is 6.31. The summed E-state index contributed by atoms with van der Waals surface area (Å²) >= 11 is 0. The van der Waals surface area contributed by atoms with Gasteiger partial charge in [-0.15, -0.1) is 0 Å². The molecular weight excluding hydrogens is 132 g/mol. The van der Waals surface area contributed by atoms with E-state index in [-0.39, 0.29) is 5.95 Å². The second-order valence-corrected chi connectivity index (χ2v) is 2.66. The van der Waals surface area contributed by atoms with Crippen LogP contribution in [0, 0.1) is 0 Å². The van der Waals surface area contributed by atoms with E-state index in [0.717, 1.165) is 18.5 Å². The highest BCUT2D eigenvalue weighted by atomic mass is 16.6. The molecule has 0 radical (unpaired) electrons. The van der Waals surface area contributed by atoms with Crippen molar-refractivity contribution in [1.82, 2.24) is 5.27 Å². The first kappa shape index (κ1) is 5.70. The molecule has 1 aliphatic rings. The zero-order chi connectivity index (χ0) is 7.14. The van der Waals surface area contributed by atoms with Gasteiger partial charge in [-0.25, -0.2) is 0 Å². The van der Waals surface area contributed by atoms with E-state index in [4.69, 9.17) is 5.11 Å². The molecule has 4 heteroatoms. The highest BCUT2D eigenvalue weighted by Crippen LogP contribution is 2.22. The minimum Gasteiger partial charge on any atom is -0.475 e. The maximum Gasteiger partial charge on any atom is 0.383 e. The highest BCUT2D eigenvalue weighted by molar-refractivity contribution is 5.06. The predicted octanol–water partition coefficient (Wildman–Crippen LogP) is 0.175. The Morgan fingerprint density at radius 3 is 3.30 bits per heavy atom. The Morgan fingerprint density at radius 2 is 2.60 bits per heavy atom. The molecule has 2 rings (SSSR count). The van der Waals surface area contributed by atoms with Crippen molar-refractivity contribution in [2.24, 2.45) is 0 Å². The molecule has 0 bridgehead atoms. The molecular formula is C6H9N2O2+. The largest absolute Gasteiger partial charge is 0.475 e. The van der Waals surface area contributed by atoms with Crippen LogP contribution in [0.25, 0.3) is 0 Å². The smallest absolute Gasteiger partial charge is 0.383 e. The summed E-state index contributed by atoms with van der Waals surface area (Å²) in [5, 5.41) is 12.7. The molecule has 0 spiro atoms. The van der Waals surface area contributed by atoms with E-state index in [9.17, 15) is 0 Å². The van der Waals surface area contributed by atoms with Gasteiger partial charge >= 0.3 is 5.95 Å². The third-order valence-corrected chi connectivity index (χ3v) is 1.96. The number of nitrogens with zero attached hydrogens (tertiary/aromatic N) is 2. The van der Waals surface area contributed by atoms with E-state index < -0.39 is 0 Å². The summed E-state index contributed by atoms with van der Waals surface area (Å²) in [4.78, 5) is 0. The average molecular weight is 141 g/mol. The van der Waals surface area contributed by atoms with Crippen LogP contribution in [0.5, 0.6) is 5.95 Å². The van der Waals surface area contributed by atoms with Crippen molar-refractivity contribution in [3.8, 4) is 5.95 Å². The maximum absolute atomic E-state index is 9.04. The Bertz CT molecular complexity index is 256. The molecule has 1 atom stereocenters. The van der Waals surface area contributed by atoms with Crippen LogP contribution in [-0.2, 0) is 6.42 Å². The van der Waals surface area contributed by atoms with Crippen molar-refractivity contribution in [3.05, 3.63) is 5.69 Å². The van der Waals surface area contributed by atoms with Crippen LogP contribution in [-0.4, -0.2) is 10.4 Å². The van der Waals surface area contributed by atoms with Crippen LogP contribution < -0.4 is 4.68 Å². The number of aromatic nitrogens is 2. The lowest BCUT2D eigenvalue weighted by atomic mass is 10.2. The van der Waals surface area contributed by atoms with Crippen LogP contribution in [0.2, 0.25) is 0 Å². The Balaban J connectivity index is 2.53. The molecule has 0 saturated carbocycles. The van der Waals surface area contributed by atoms with Crippen LogP contribution in [0.4, 0.5) is 0 Å². The molecule has 1 aliphatic heterocycles. The van der Waals surface area contributed by atoms with Gasteiger partial charge in [-0.2, -0.15) is 0 Å². The van der Waals surface area contributed by atoms with Crippen molar-refractivity contribution in [2.75, 3.05) is 0 Å². The number of rotatable bonds is 0. The minimum atomic E-state index is -0.0237. The zero-order valence-corrected chi connectivity index (χ0v) is 5.74. The molecule has 4 nitrogen and oxygen atoms in total. The minimum absolute atomic E-state index is 0.0237. The van der Waals surface area contributed by atoms with Crippen molar-refractivity contribution >= 4 is 0 Å². The van der Waals surface area contributed by atoms with E-state index in [1.807, 2.05) is 0 Å². The van der Waals surface area contributed by atoms with Gasteiger partial charge in [0.05, 0.1) is 0 Å². The van der Waals surface area contributed by atoms with E-state index in [0.29, 0.717) is 6.04 Å². The average Bonchev–Trinajstić information content (AvgIpc) is 2.41. The van der Waals surface area contributed by atoms with Crippen LogP contribution in [0.3, 0.4) is 0 Å². The summed E-state index contributed by atoms with van der Waals surface area (Å²) in [6.07, 6.45) is 1.92. The van der Waals surface area contributed by atoms with E-state index in [2.05, 4.69) is 16.7 Å². The zero-order valence-electron chi connectivity index (χ0n) is 5.74. The summed E-state index contributed by atoms with van der Waals surface area (Å²) in [5.41, 5.74) is 0.826. The molecule has 1 aromatic rings. The first-order valence-electron chi connectivity index (χ1n) is 3.38. The van der Waals surface area contributed by atoms with Gasteiger partial charge in [0.25, 0.3) is 5.69 Å². The number of hydrogen-bond donors (Lipinski definition) is 1. The number of aromatic hydroxyl groups is 1. The monoisotopic (exact) mass is 141 g/mol. The third kappa shape index (κ3) is 0.558. The fourth-order valence-electron chi connectivity index (χ4n) is 1.32. The summed E-state index contributed by atoms with van der Waals surface area (Å²) in [5.74, 6) is -0.0237. The first-order chi connectivity index (χ1) is 4.79. The van der Waals surface area contributed by atoms with Gasteiger partial charge in [-0.05, 0) is 4.68 Å². The predicted molar refractivity (Wildman–Crippen MR) is 31.4 cm³/mol. The van der Waals surface area contributed by atoms with E-state index >= 15 is 0 Å². The summed E-state index contributed by atoms with van der Waals surface area (Å²) in [6, 6.07) is 0.375. The topological polar surface area (TPSA) is 50.1 Å². The van der Waals surface area contributed by atoms with Gasteiger partial charge in [0, 0.05) is 19.8 Å². The molecule has 0 amide bonds. The SMILES string of the molecule is C[C@@H]1CCc2c(O)on[n+]21. The fraction of sp³-hybridized carbons (Fsp3) is 0.667. The normalized spacial score (nSPS) is 23.1. The van der Waals surface area contributed by atoms with Gasteiger partial charge in [0.15, 0.2) is 6.04 Å². The molecule has 0 aromatic carbocycles. The molecule has 0 saturated heterocycles.